The fraction of sp³-hybridized carbons (Fsp3) is 0.600. The van der Waals surface area contributed by atoms with Crippen LogP contribution in [0.2, 0.25) is 0 Å². The minimum absolute atomic E-state index is 0.298. The van der Waals surface area contributed by atoms with Gasteiger partial charge in [-0.3, -0.25) is 4.90 Å². The fourth-order valence-corrected chi connectivity index (χ4v) is 2.36. The van der Waals surface area contributed by atoms with Gasteiger partial charge in [-0.25, -0.2) is 0 Å². The van der Waals surface area contributed by atoms with E-state index in [2.05, 4.69) is 4.90 Å². The lowest BCUT2D eigenvalue weighted by Gasteiger charge is -2.26. The van der Waals surface area contributed by atoms with Gasteiger partial charge in [0.25, 0.3) is 0 Å². The van der Waals surface area contributed by atoms with E-state index >= 15 is 0 Å². The summed E-state index contributed by atoms with van der Waals surface area (Å²) < 4.78 is 10.7. The number of hydrogen-bond donors (Lipinski definition) is 1. The first-order valence-corrected chi connectivity index (χ1v) is 7.05. The summed E-state index contributed by atoms with van der Waals surface area (Å²) in [6, 6.07) is 5.72. The molecule has 1 aliphatic rings. The van der Waals surface area contributed by atoms with E-state index < -0.39 is 0 Å². The summed E-state index contributed by atoms with van der Waals surface area (Å²) in [5, 5.41) is 10.1. The molecule has 1 aromatic carbocycles. The van der Waals surface area contributed by atoms with E-state index in [1.54, 1.807) is 0 Å². The van der Waals surface area contributed by atoms with Crippen LogP contribution in [0.15, 0.2) is 18.2 Å². The third-order valence-corrected chi connectivity index (χ3v) is 3.41. The van der Waals surface area contributed by atoms with Crippen LogP contribution >= 0.6 is 0 Å². The number of nitrogens with zero attached hydrogens (tertiary/aromatic N) is 1. The molecule has 1 saturated heterocycles. The van der Waals surface area contributed by atoms with Crippen LogP contribution < -0.4 is 4.74 Å². The van der Waals surface area contributed by atoms with Gasteiger partial charge in [-0.2, -0.15) is 0 Å². The molecule has 0 unspecified atom stereocenters. The number of phenols is 1. The van der Waals surface area contributed by atoms with Crippen LogP contribution in [-0.4, -0.2) is 49.5 Å². The standard InChI is InChI=1S/C15H23NO3/c1-2-19-14-7-3-5-13(15(14)17)6-4-8-16-9-11-18-12-10-16/h3,5,7,17H,2,4,6,8-12H2,1H3. The monoisotopic (exact) mass is 265 g/mol. The second kappa shape index (κ2) is 7.36. The molecule has 106 valence electrons. The van der Waals surface area contributed by atoms with E-state index in [0.29, 0.717) is 18.1 Å². The number of aryl methyl sites for hydroxylation is 1. The van der Waals surface area contributed by atoms with E-state index in [-0.39, 0.29) is 0 Å². The zero-order chi connectivity index (χ0) is 13.5. The van der Waals surface area contributed by atoms with Crippen molar-refractivity contribution in [2.75, 3.05) is 39.5 Å². The Balaban J connectivity index is 1.83. The average Bonchev–Trinajstić information content (AvgIpc) is 2.44. The lowest BCUT2D eigenvalue weighted by molar-refractivity contribution is 0.0374. The van der Waals surface area contributed by atoms with Crippen molar-refractivity contribution in [3.63, 3.8) is 0 Å². The van der Waals surface area contributed by atoms with Crippen molar-refractivity contribution in [3.05, 3.63) is 23.8 Å². The average molecular weight is 265 g/mol. The zero-order valence-electron chi connectivity index (χ0n) is 11.6. The van der Waals surface area contributed by atoms with Crippen LogP contribution in [0.5, 0.6) is 11.5 Å². The van der Waals surface area contributed by atoms with E-state index in [4.69, 9.17) is 9.47 Å². The van der Waals surface area contributed by atoms with Crippen molar-refractivity contribution in [1.82, 2.24) is 4.90 Å². The second-order valence-corrected chi connectivity index (χ2v) is 4.75. The fourth-order valence-electron chi connectivity index (χ4n) is 2.36. The molecule has 1 fully saturated rings. The number of rotatable bonds is 6. The van der Waals surface area contributed by atoms with Crippen molar-refractivity contribution < 1.29 is 14.6 Å². The third-order valence-electron chi connectivity index (χ3n) is 3.41. The molecule has 0 amide bonds. The van der Waals surface area contributed by atoms with Crippen molar-refractivity contribution in [2.45, 2.75) is 19.8 Å². The van der Waals surface area contributed by atoms with Crippen molar-refractivity contribution in [1.29, 1.82) is 0 Å². The van der Waals surface area contributed by atoms with Crippen LogP contribution in [0.25, 0.3) is 0 Å². The van der Waals surface area contributed by atoms with Crippen LogP contribution in [0.3, 0.4) is 0 Å². The van der Waals surface area contributed by atoms with Gasteiger partial charge < -0.3 is 14.6 Å². The Morgan fingerprint density at radius 3 is 2.84 bits per heavy atom. The largest absolute Gasteiger partial charge is 0.504 e. The molecule has 0 atom stereocenters. The molecule has 2 rings (SSSR count). The Morgan fingerprint density at radius 1 is 1.32 bits per heavy atom. The van der Waals surface area contributed by atoms with E-state index in [9.17, 15) is 5.11 Å². The smallest absolute Gasteiger partial charge is 0.161 e. The Morgan fingerprint density at radius 2 is 2.11 bits per heavy atom. The molecule has 1 aliphatic heterocycles. The summed E-state index contributed by atoms with van der Waals surface area (Å²) in [5.74, 6) is 0.887. The number of para-hydroxylation sites is 1. The zero-order valence-corrected chi connectivity index (χ0v) is 11.6. The van der Waals surface area contributed by atoms with E-state index in [1.165, 1.54) is 0 Å². The van der Waals surface area contributed by atoms with Gasteiger partial charge in [0.15, 0.2) is 11.5 Å². The topological polar surface area (TPSA) is 41.9 Å². The van der Waals surface area contributed by atoms with E-state index in [1.807, 2.05) is 25.1 Å². The molecule has 0 spiro atoms. The Bertz CT molecular complexity index is 389. The van der Waals surface area contributed by atoms with Crippen LogP contribution in [0, 0.1) is 0 Å². The van der Waals surface area contributed by atoms with Gasteiger partial charge >= 0.3 is 0 Å². The summed E-state index contributed by atoms with van der Waals surface area (Å²) in [6.07, 6.45) is 1.92. The lowest BCUT2D eigenvalue weighted by Crippen LogP contribution is -2.36. The maximum Gasteiger partial charge on any atom is 0.161 e. The highest BCUT2D eigenvalue weighted by atomic mass is 16.5. The Hall–Kier alpha value is -1.26. The number of benzene rings is 1. The minimum atomic E-state index is 0.298. The van der Waals surface area contributed by atoms with Gasteiger partial charge in [0, 0.05) is 13.1 Å². The van der Waals surface area contributed by atoms with Crippen LogP contribution in [0.4, 0.5) is 0 Å². The number of hydrogen-bond acceptors (Lipinski definition) is 4. The third kappa shape index (κ3) is 4.11. The minimum Gasteiger partial charge on any atom is -0.504 e. The van der Waals surface area contributed by atoms with Gasteiger partial charge in [0.2, 0.25) is 0 Å². The van der Waals surface area contributed by atoms with Crippen LogP contribution in [-0.2, 0) is 11.2 Å². The highest BCUT2D eigenvalue weighted by Crippen LogP contribution is 2.30. The SMILES string of the molecule is CCOc1cccc(CCCN2CCOCC2)c1O. The van der Waals surface area contributed by atoms with Gasteiger partial charge in [0.05, 0.1) is 19.8 Å². The second-order valence-electron chi connectivity index (χ2n) is 4.75. The number of morpholine rings is 1. The predicted octanol–water partition coefficient (Wildman–Crippen LogP) is 2.06. The number of ether oxygens (including phenoxy) is 2. The summed E-state index contributed by atoms with van der Waals surface area (Å²) in [6.45, 7) is 7.27. The van der Waals surface area contributed by atoms with Gasteiger partial charge in [0.1, 0.15) is 0 Å². The van der Waals surface area contributed by atoms with E-state index in [0.717, 1.165) is 51.3 Å². The number of aromatic hydroxyl groups is 1. The maximum atomic E-state index is 10.1. The molecule has 0 aromatic heterocycles. The van der Waals surface area contributed by atoms with Gasteiger partial charge in [-0.1, -0.05) is 12.1 Å². The molecule has 1 heterocycles. The molecule has 1 N–H and O–H groups in total. The molecule has 0 aliphatic carbocycles. The molecular weight excluding hydrogens is 242 g/mol. The molecule has 19 heavy (non-hydrogen) atoms. The summed E-state index contributed by atoms with van der Waals surface area (Å²) in [5.41, 5.74) is 0.971. The summed E-state index contributed by atoms with van der Waals surface area (Å²) in [4.78, 5) is 2.41. The molecular formula is C15H23NO3. The van der Waals surface area contributed by atoms with Crippen molar-refractivity contribution in [2.24, 2.45) is 0 Å². The molecule has 0 bridgehead atoms. The highest BCUT2D eigenvalue weighted by Gasteiger charge is 2.11. The molecule has 0 saturated carbocycles. The molecule has 1 aromatic rings. The first-order valence-electron chi connectivity index (χ1n) is 7.05. The molecule has 0 radical (unpaired) electrons. The predicted molar refractivity (Wildman–Crippen MR) is 74.9 cm³/mol. The first-order chi connectivity index (χ1) is 9.31. The Labute approximate surface area is 114 Å². The van der Waals surface area contributed by atoms with Crippen molar-refractivity contribution >= 4 is 0 Å². The first kappa shape index (κ1) is 14.2. The number of phenolic OH excluding ortho intramolecular Hbond substituents is 1. The Kier molecular flexibility index (Phi) is 5.48. The highest BCUT2D eigenvalue weighted by molar-refractivity contribution is 5.45. The normalized spacial score (nSPS) is 16.5. The maximum absolute atomic E-state index is 10.1. The van der Waals surface area contributed by atoms with Gasteiger partial charge in [-0.05, 0) is 37.9 Å². The van der Waals surface area contributed by atoms with Crippen molar-refractivity contribution in [3.8, 4) is 11.5 Å². The van der Waals surface area contributed by atoms with Gasteiger partial charge in [-0.15, -0.1) is 0 Å². The van der Waals surface area contributed by atoms with Crippen LogP contribution in [0.1, 0.15) is 18.9 Å². The summed E-state index contributed by atoms with van der Waals surface area (Å²) >= 11 is 0. The lowest BCUT2D eigenvalue weighted by atomic mass is 10.1. The summed E-state index contributed by atoms with van der Waals surface area (Å²) in [7, 11) is 0. The molecule has 4 nitrogen and oxygen atoms in total. The molecule has 4 heteroatoms. The quantitative estimate of drug-likeness (QED) is 0.855.